The van der Waals surface area contributed by atoms with Gasteiger partial charge < -0.3 is 15.3 Å². The summed E-state index contributed by atoms with van der Waals surface area (Å²) in [6.07, 6.45) is 4.77. The standard InChI is InChI=1S/C14H24N2O3/c1-3-14(12(17)18)7-8-16(9-14)13(19)15-10(2)11-5-4-6-11/h10-11H,3-9H2,1-2H3,(H,15,19)(H,17,18). The fourth-order valence-corrected chi connectivity index (χ4v) is 3.00. The lowest BCUT2D eigenvalue weighted by molar-refractivity contribution is -0.148. The van der Waals surface area contributed by atoms with Crippen molar-refractivity contribution in [3.05, 3.63) is 0 Å². The van der Waals surface area contributed by atoms with Crippen LogP contribution in [0.1, 0.15) is 46.0 Å². The Morgan fingerprint density at radius 1 is 1.47 bits per heavy atom. The van der Waals surface area contributed by atoms with Gasteiger partial charge in [0.25, 0.3) is 0 Å². The van der Waals surface area contributed by atoms with E-state index in [1.807, 2.05) is 13.8 Å². The predicted molar refractivity (Wildman–Crippen MR) is 71.9 cm³/mol. The number of carboxylic acids is 1. The van der Waals surface area contributed by atoms with Crippen molar-refractivity contribution in [2.24, 2.45) is 11.3 Å². The average molecular weight is 268 g/mol. The molecule has 0 aromatic carbocycles. The highest BCUT2D eigenvalue weighted by atomic mass is 16.4. The van der Waals surface area contributed by atoms with Crippen LogP contribution in [0, 0.1) is 11.3 Å². The molecule has 0 aromatic rings. The third kappa shape index (κ3) is 2.69. The maximum absolute atomic E-state index is 12.1. The fraction of sp³-hybridized carbons (Fsp3) is 0.857. The van der Waals surface area contributed by atoms with E-state index in [2.05, 4.69) is 5.32 Å². The highest BCUT2D eigenvalue weighted by Crippen LogP contribution is 2.34. The lowest BCUT2D eigenvalue weighted by atomic mass is 9.80. The van der Waals surface area contributed by atoms with Crippen LogP contribution >= 0.6 is 0 Å². The Balaban J connectivity index is 1.89. The fourth-order valence-electron chi connectivity index (χ4n) is 3.00. The number of carbonyl (C=O) groups excluding carboxylic acids is 1. The molecule has 5 heteroatoms. The van der Waals surface area contributed by atoms with Crippen molar-refractivity contribution < 1.29 is 14.7 Å². The van der Waals surface area contributed by atoms with Crippen LogP contribution in [0.2, 0.25) is 0 Å². The number of carboxylic acid groups (broad SMARTS) is 1. The van der Waals surface area contributed by atoms with E-state index in [0.29, 0.717) is 31.8 Å². The van der Waals surface area contributed by atoms with E-state index >= 15 is 0 Å². The van der Waals surface area contributed by atoms with Gasteiger partial charge in [0, 0.05) is 19.1 Å². The molecule has 108 valence electrons. The van der Waals surface area contributed by atoms with Crippen molar-refractivity contribution in [3.63, 3.8) is 0 Å². The average Bonchev–Trinajstić information content (AvgIpc) is 2.71. The second-order valence-corrected chi connectivity index (χ2v) is 6.04. The quantitative estimate of drug-likeness (QED) is 0.820. The molecule has 1 heterocycles. The van der Waals surface area contributed by atoms with E-state index < -0.39 is 11.4 Å². The van der Waals surface area contributed by atoms with E-state index in [-0.39, 0.29) is 12.1 Å². The molecule has 2 amide bonds. The number of amides is 2. The maximum atomic E-state index is 12.1. The first kappa shape index (κ1) is 14.2. The summed E-state index contributed by atoms with van der Waals surface area (Å²) in [6, 6.07) is 0.0960. The molecule has 2 N–H and O–H groups in total. The van der Waals surface area contributed by atoms with Gasteiger partial charge in [-0.2, -0.15) is 0 Å². The number of nitrogens with zero attached hydrogens (tertiary/aromatic N) is 1. The first-order valence-corrected chi connectivity index (χ1v) is 7.27. The second-order valence-electron chi connectivity index (χ2n) is 6.04. The lowest BCUT2D eigenvalue weighted by Gasteiger charge is -2.33. The Labute approximate surface area is 114 Å². The summed E-state index contributed by atoms with van der Waals surface area (Å²) in [7, 11) is 0. The van der Waals surface area contributed by atoms with Crippen molar-refractivity contribution >= 4 is 12.0 Å². The molecule has 2 aliphatic rings. The molecule has 0 radical (unpaired) electrons. The smallest absolute Gasteiger partial charge is 0.317 e. The van der Waals surface area contributed by atoms with Crippen LogP contribution < -0.4 is 5.32 Å². The minimum absolute atomic E-state index is 0.101. The molecule has 0 bridgehead atoms. The number of hydrogen-bond donors (Lipinski definition) is 2. The number of nitrogens with one attached hydrogen (secondary N) is 1. The minimum atomic E-state index is -0.780. The molecule has 2 fully saturated rings. The van der Waals surface area contributed by atoms with E-state index in [0.717, 1.165) is 0 Å². The highest BCUT2D eigenvalue weighted by molar-refractivity contribution is 5.79. The number of likely N-dealkylation sites (tertiary alicyclic amines) is 1. The van der Waals surface area contributed by atoms with Gasteiger partial charge in [-0.15, -0.1) is 0 Å². The molecular formula is C14H24N2O3. The first-order chi connectivity index (χ1) is 8.98. The molecule has 5 nitrogen and oxygen atoms in total. The Morgan fingerprint density at radius 3 is 2.58 bits per heavy atom. The molecular weight excluding hydrogens is 244 g/mol. The number of carbonyl (C=O) groups is 2. The second kappa shape index (κ2) is 5.39. The van der Waals surface area contributed by atoms with Crippen LogP contribution in [0.25, 0.3) is 0 Å². The van der Waals surface area contributed by atoms with Crippen LogP contribution in [0.15, 0.2) is 0 Å². The maximum Gasteiger partial charge on any atom is 0.317 e. The molecule has 2 atom stereocenters. The van der Waals surface area contributed by atoms with Crippen molar-refractivity contribution in [2.45, 2.75) is 52.0 Å². The zero-order valence-electron chi connectivity index (χ0n) is 11.8. The molecule has 1 aliphatic heterocycles. The SMILES string of the molecule is CCC1(C(=O)O)CCN(C(=O)NC(C)C2CCC2)C1. The van der Waals surface area contributed by atoms with Crippen LogP contribution in [0.3, 0.4) is 0 Å². The zero-order chi connectivity index (χ0) is 14.0. The summed E-state index contributed by atoms with van der Waals surface area (Å²) in [4.78, 5) is 25.2. The summed E-state index contributed by atoms with van der Waals surface area (Å²) in [5.41, 5.74) is -0.739. The number of rotatable bonds is 4. The summed E-state index contributed by atoms with van der Waals surface area (Å²) in [6.45, 7) is 4.81. The van der Waals surface area contributed by atoms with Gasteiger partial charge in [0.15, 0.2) is 0 Å². The molecule has 1 saturated carbocycles. The number of hydrogen-bond acceptors (Lipinski definition) is 2. The third-order valence-electron chi connectivity index (χ3n) is 4.98. The topological polar surface area (TPSA) is 69.6 Å². The normalized spacial score (nSPS) is 28.8. The number of aliphatic carboxylic acids is 1. The number of urea groups is 1. The summed E-state index contributed by atoms with van der Waals surface area (Å²) in [5, 5.41) is 12.3. The highest BCUT2D eigenvalue weighted by Gasteiger charge is 2.45. The lowest BCUT2D eigenvalue weighted by Crippen LogP contribution is -2.47. The predicted octanol–water partition coefficient (Wildman–Crippen LogP) is 2.07. The van der Waals surface area contributed by atoms with Gasteiger partial charge in [0.1, 0.15) is 0 Å². The van der Waals surface area contributed by atoms with Gasteiger partial charge in [0.2, 0.25) is 0 Å². The molecule has 0 aromatic heterocycles. The molecule has 2 rings (SSSR count). The van der Waals surface area contributed by atoms with E-state index in [1.165, 1.54) is 19.3 Å². The minimum Gasteiger partial charge on any atom is -0.481 e. The molecule has 2 unspecified atom stereocenters. The largest absolute Gasteiger partial charge is 0.481 e. The Bertz CT molecular complexity index is 368. The monoisotopic (exact) mass is 268 g/mol. The summed E-state index contributed by atoms with van der Waals surface area (Å²) in [5.74, 6) is -0.181. The van der Waals surface area contributed by atoms with Gasteiger partial charge in [-0.1, -0.05) is 13.3 Å². The third-order valence-corrected chi connectivity index (χ3v) is 4.98. The van der Waals surface area contributed by atoms with Crippen LogP contribution in [-0.2, 0) is 4.79 Å². The van der Waals surface area contributed by atoms with Gasteiger partial charge in [-0.05, 0) is 38.5 Å². The van der Waals surface area contributed by atoms with E-state index in [9.17, 15) is 14.7 Å². The molecule has 19 heavy (non-hydrogen) atoms. The van der Waals surface area contributed by atoms with Crippen LogP contribution in [-0.4, -0.2) is 41.1 Å². The van der Waals surface area contributed by atoms with Gasteiger partial charge in [0.05, 0.1) is 5.41 Å². The van der Waals surface area contributed by atoms with Gasteiger partial charge >= 0.3 is 12.0 Å². The Hall–Kier alpha value is -1.26. The van der Waals surface area contributed by atoms with Crippen molar-refractivity contribution in [3.8, 4) is 0 Å². The van der Waals surface area contributed by atoms with E-state index in [1.54, 1.807) is 4.90 Å². The first-order valence-electron chi connectivity index (χ1n) is 7.27. The molecule has 0 spiro atoms. The molecule has 1 saturated heterocycles. The Kier molecular flexibility index (Phi) is 4.02. The Morgan fingerprint density at radius 2 is 2.16 bits per heavy atom. The zero-order valence-corrected chi connectivity index (χ0v) is 11.8. The van der Waals surface area contributed by atoms with Crippen LogP contribution in [0.4, 0.5) is 4.79 Å². The van der Waals surface area contributed by atoms with Crippen LogP contribution in [0.5, 0.6) is 0 Å². The van der Waals surface area contributed by atoms with Crippen molar-refractivity contribution in [2.75, 3.05) is 13.1 Å². The van der Waals surface area contributed by atoms with Crippen molar-refractivity contribution in [1.29, 1.82) is 0 Å². The van der Waals surface area contributed by atoms with Gasteiger partial charge in [-0.25, -0.2) is 4.79 Å². The summed E-state index contributed by atoms with van der Waals surface area (Å²) >= 11 is 0. The summed E-state index contributed by atoms with van der Waals surface area (Å²) < 4.78 is 0. The van der Waals surface area contributed by atoms with Gasteiger partial charge in [-0.3, -0.25) is 4.79 Å². The van der Waals surface area contributed by atoms with Crippen molar-refractivity contribution in [1.82, 2.24) is 10.2 Å². The van der Waals surface area contributed by atoms with E-state index in [4.69, 9.17) is 0 Å². The molecule has 1 aliphatic carbocycles.